The maximum atomic E-state index is 11.9. The Hall–Kier alpha value is -0.974. The third-order valence-electron chi connectivity index (χ3n) is 3.76. The summed E-state index contributed by atoms with van der Waals surface area (Å²) >= 11 is 0. The quantitative estimate of drug-likeness (QED) is 0.218. The molecule has 0 spiro atoms. The Morgan fingerprint density at radius 1 is 1.17 bits per heavy atom. The van der Waals surface area contributed by atoms with Crippen LogP contribution in [0.3, 0.4) is 0 Å². The smallest absolute Gasteiger partial charge is 0.356 e. The van der Waals surface area contributed by atoms with E-state index in [9.17, 15) is 4.79 Å². The van der Waals surface area contributed by atoms with Crippen molar-refractivity contribution in [3.05, 3.63) is 54.1 Å². The van der Waals surface area contributed by atoms with Crippen molar-refractivity contribution in [2.75, 3.05) is 14.2 Å². The minimum atomic E-state index is -0.107. The average Bonchev–Trinajstić information content (AvgIpc) is 3.25. The Labute approximate surface area is 159 Å². The molecule has 0 N–H and O–H groups in total. The summed E-state index contributed by atoms with van der Waals surface area (Å²) in [5.74, 6) is 0.292. The maximum absolute atomic E-state index is 11.9. The van der Waals surface area contributed by atoms with Gasteiger partial charge in [-0.2, -0.15) is 29.5 Å². The fourth-order valence-corrected chi connectivity index (χ4v) is 3.02. The van der Waals surface area contributed by atoms with Gasteiger partial charge in [0.05, 0.1) is 0 Å². The van der Waals surface area contributed by atoms with Crippen LogP contribution in [0.15, 0.2) is 48.5 Å². The van der Waals surface area contributed by atoms with Gasteiger partial charge in [-0.25, -0.2) is 24.3 Å². The molecule has 0 heterocycles. The molecule has 24 heavy (non-hydrogen) atoms. The van der Waals surface area contributed by atoms with E-state index in [2.05, 4.69) is 0 Å². The standard InChI is InChI=1S/C14H23O3Si.C5H5.Fe/c1-16-14(17-2)10-5-3-4-8-12(15)11-7-6-9-13(11)18;1-2-4-5-3-1;/h6-7,9,14H,3-5,8,10H2,1-2,18H3;1-5H;/q2*-1;+2. The first-order valence-corrected chi connectivity index (χ1v) is 9.16. The predicted molar refractivity (Wildman–Crippen MR) is 98.9 cm³/mol. The van der Waals surface area contributed by atoms with E-state index >= 15 is 0 Å². The van der Waals surface area contributed by atoms with Gasteiger partial charge in [0.15, 0.2) is 6.29 Å². The minimum Gasteiger partial charge on any atom is -0.356 e. The van der Waals surface area contributed by atoms with Crippen LogP contribution in [0.5, 0.6) is 0 Å². The van der Waals surface area contributed by atoms with Crippen LogP contribution in [-0.2, 0) is 26.5 Å². The van der Waals surface area contributed by atoms with Gasteiger partial charge in [-0.3, -0.25) is 0 Å². The molecule has 0 radical (unpaired) electrons. The Morgan fingerprint density at radius 3 is 2.29 bits per heavy atom. The van der Waals surface area contributed by atoms with E-state index < -0.39 is 0 Å². The summed E-state index contributed by atoms with van der Waals surface area (Å²) in [5.41, 5.74) is 0.938. The van der Waals surface area contributed by atoms with Gasteiger partial charge < -0.3 is 14.3 Å². The molecule has 0 saturated heterocycles. The van der Waals surface area contributed by atoms with Crippen LogP contribution in [-0.4, -0.2) is 36.5 Å². The van der Waals surface area contributed by atoms with Gasteiger partial charge in [-0.15, -0.1) is 0 Å². The van der Waals surface area contributed by atoms with E-state index in [1.54, 1.807) is 14.2 Å². The van der Waals surface area contributed by atoms with Gasteiger partial charge in [-0.05, 0) is 25.7 Å². The molecule has 0 atom stereocenters. The SMILES string of the molecule is COC(CCCCCC(=O)[c-]1cccc1[SiH3])OC.[Fe+2].c1cc[cH-]c1. The molecule has 5 heteroatoms. The van der Waals surface area contributed by atoms with E-state index in [1.165, 1.54) is 5.19 Å². The first-order chi connectivity index (χ1) is 11.2. The zero-order chi connectivity index (χ0) is 16.9. The summed E-state index contributed by atoms with van der Waals surface area (Å²) in [6.07, 6.45) is 4.48. The normalized spacial score (nSPS) is 10.1. The summed E-state index contributed by atoms with van der Waals surface area (Å²) in [6, 6.07) is 16.0. The van der Waals surface area contributed by atoms with Crippen molar-refractivity contribution in [2.24, 2.45) is 0 Å². The molecule has 0 aliphatic rings. The third kappa shape index (κ3) is 9.35. The van der Waals surface area contributed by atoms with Gasteiger partial charge >= 0.3 is 17.1 Å². The van der Waals surface area contributed by atoms with Crippen molar-refractivity contribution in [2.45, 2.75) is 38.4 Å². The molecule has 2 aromatic rings. The van der Waals surface area contributed by atoms with E-state index in [4.69, 9.17) is 9.47 Å². The monoisotopic (exact) mass is 388 g/mol. The van der Waals surface area contributed by atoms with Crippen LogP contribution in [0, 0.1) is 0 Å². The summed E-state index contributed by atoms with van der Waals surface area (Å²) in [7, 11) is 4.25. The fourth-order valence-electron chi connectivity index (χ4n) is 2.38. The van der Waals surface area contributed by atoms with Crippen molar-refractivity contribution in [3.63, 3.8) is 0 Å². The molecule has 0 saturated carbocycles. The van der Waals surface area contributed by atoms with Crippen LogP contribution in [0.2, 0.25) is 0 Å². The summed E-state index contributed by atoms with van der Waals surface area (Å²) in [5, 5.41) is 1.22. The zero-order valence-corrected chi connectivity index (χ0v) is 17.9. The molecule has 0 unspecified atom stereocenters. The third-order valence-corrected chi connectivity index (χ3v) is 4.63. The molecule has 3 nitrogen and oxygen atoms in total. The molecule has 0 fully saturated rings. The molecule has 0 aliphatic carbocycles. The van der Waals surface area contributed by atoms with Crippen molar-refractivity contribution in [3.8, 4) is 0 Å². The molecule has 0 amide bonds. The average molecular weight is 388 g/mol. The van der Waals surface area contributed by atoms with Gasteiger partial charge in [-0.1, -0.05) is 12.0 Å². The van der Waals surface area contributed by atoms with E-state index in [1.807, 2.05) is 48.5 Å². The molecule has 0 bridgehead atoms. The van der Waals surface area contributed by atoms with Gasteiger partial charge in [0.25, 0.3) is 0 Å². The van der Waals surface area contributed by atoms with Crippen molar-refractivity contribution >= 4 is 21.2 Å². The Balaban J connectivity index is 0.000000751. The van der Waals surface area contributed by atoms with Crippen LogP contribution < -0.4 is 5.19 Å². The Morgan fingerprint density at radius 2 is 1.83 bits per heavy atom. The van der Waals surface area contributed by atoms with E-state index in [0.29, 0.717) is 12.2 Å². The number of unbranched alkanes of at least 4 members (excludes halogenated alkanes) is 2. The van der Waals surface area contributed by atoms with Crippen molar-refractivity contribution in [1.82, 2.24) is 0 Å². The maximum Gasteiger partial charge on any atom is 2.00 e. The van der Waals surface area contributed by atoms with Crippen molar-refractivity contribution < 1.29 is 31.3 Å². The number of Topliss-reactive ketones (excluding diaryl/α,β-unsaturated/α-hetero) is 1. The largest absolute Gasteiger partial charge is 2.00 e. The Bertz CT molecular complexity index is 501. The number of ketones is 1. The van der Waals surface area contributed by atoms with Crippen molar-refractivity contribution in [1.29, 1.82) is 0 Å². The second-order valence-electron chi connectivity index (χ2n) is 5.51. The number of carbonyl (C=O) groups is 1. The van der Waals surface area contributed by atoms with Crippen LogP contribution >= 0.6 is 0 Å². The molecule has 0 aromatic heterocycles. The number of ether oxygens (including phenoxy) is 2. The van der Waals surface area contributed by atoms with Crippen LogP contribution in [0.4, 0.5) is 0 Å². The second-order valence-corrected chi connectivity index (χ2v) is 6.59. The van der Waals surface area contributed by atoms with Gasteiger partial charge in [0.2, 0.25) is 0 Å². The first-order valence-electron chi connectivity index (χ1n) is 8.16. The topological polar surface area (TPSA) is 35.5 Å². The second kappa shape index (κ2) is 14.4. The molecule has 2 rings (SSSR count). The number of hydrogen-bond donors (Lipinski definition) is 0. The van der Waals surface area contributed by atoms with Crippen LogP contribution in [0.1, 0.15) is 42.5 Å². The molecule has 0 aliphatic heterocycles. The number of rotatable bonds is 9. The van der Waals surface area contributed by atoms with E-state index in [-0.39, 0.29) is 23.4 Å². The predicted octanol–water partition coefficient (Wildman–Crippen LogP) is 2.55. The molecule has 134 valence electrons. The summed E-state index contributed by atoms with van der Waals surface area (Å²) in [4.78, 5) is 11.9. The number of hydrogen-bond acceptors (Lipinski definition) is 3. The van der Waals surface area contributed by atoms with E-state index in [0.717, 1.165) is 41.5 Å². The Kier molecular flexibility index (Phi) is 13.8. The minimum absolute atomic E-state index is 0. The van der Waals surface area contributed by atoms with Gasteiger partial charge in [0.1, 0.15) is 5.78 Å². The summed E-state index contributed by atoms with van der Waals surface area (Å²) in [6.45, 7) is 0. The number of methoxy groups -OCH3 is 2. The first kappa shape index (κ1) is 23.0. The molecular formula is C19H28FeO3Si. The molecule has 2 aromatic carbocycles. The molecular weight excluding hydrogens is 360 g/mol. The fraction of sp³-hybridized carbons (Fsp3) is 0.421. The van der Waals surface area contributed by atoms with Crippen LogP contribution in [0.25, 0.3) is 0 Å². The zero-order valence-electron chi connectivity index (χ0n) is 14.8. The summed E-state index contributed by atoms with van der Waals surface area (Å²) < 4.78 is 10.2. The number of carbonyl (C=O) groups excluding carboxylic acids is 1. The van der Waals surface area contributed by atoms with Gasteiger partial charge in [0, 0.05) is 24.5 Å².